The minimum atomic E-state index is 0.0663. The van der Waals surface area contributed by atoms with E-state index in [2.05, 4.69) is 20.3 Å². The zero-order valence-electron chi connectivity index (χ0n) is 10.6. The van der Waals surface area contributed by atoms with Crippen LogP contribution in [-0.2, 0) is 11.3 Å². The highest BCUT2D eigenvalue weighted by atomic mass is 16.6. The Balaban J connectivity index is 1.76. The summed E-state index contributed by atoms with van der Waals surface area (Å²) in [6, 6.07) is 5.58. The lowest BCUT2D eigenvalue weighted by Gasteiger charge is -2.16. The van der Waals surface area contributed by atoms with E-state index in [1.807, 2.05) is 18.2 Å². The van der Waals surface area contributed by atoms with E-state index in [1.165, 1.54) is 0 Å². The van der Waals surface area contributed by atoms with Crippen LogP contribution in [0.5, 0.6) is 0 Å². The van der Waals surface area contributed by atoms with Gasteiger partial charge in [0.15, 0.2) is 0 Å². The molecule has 1 aromatic heterocycles. The molecule has 1 fully saturated rings. The lowest BCUT2D eigenvalue weighted by Crippen LogP contribution is -2.25. The molecular formula is C12H12N6O2. The summed E-state index contributed by atoms with van der Waals surface area (Å²) < 4.78 is 4.71. The van der Waals surface area contributed by atoms with Gasteiger partial charge < -0.3 is 4.90 Å². The van der Waals surface area contributed by atoms with E-state index in [9.17, 15) is 4.79 Å². The topological polar surface area (TPSA) is 108 Å². The van der Waals surface area contributed by atoms with Crippen LogP contribution in [0.2, 0.25) is 0 Å². The van der Waals surface area contributed by atoms with Crippen LogP contribution < -0.4 is 0 Å². The Bertz CT molecular complexity index is 690. The molecule has 0 radical (unpaired) electrons. The summed E-state index contributed by atoms with van der Waals surface area (Å²) in [5, 5.41) is 11.2. The average molecular weight is 272 g/mol. The van der Waals surface area contributed by atoms with Crippen LogP contribution in [0.1, 0.15) is 12.0 Å². The summed E-state index contributed by atoms with van der Waals surface area (Å²) in [6.45, 7) is 1.42. The van der Waals surface area contributed by atoms with Gasteiger partial charge in [0.2, 0.25) is 5.91 Å². The standard InChI is InChI=1S/C12H12N6O2/c13-17-14-5-8-4-11(19)18(6-8)7-9-2-1-3-10-12(9)16-20-15-10/h1-3,8H,4-7H2. The van der Waals surface area contributed by atoms with Gasteiger partial charge in [-0.3, -0.25) is 4.79 Å². The molecule has 8 heteroatoms. The fourth-order valence-electron chi connectivity index (χ4n) is 2.48. The smallest absolute Gasteiger partial charge is 0.223 e. The van der Waals surface area contributed by atoms with Crippen LogP contribution in [0.15, 0.2) is 27.9 Å². The predicted molar refractivity (Wildman–Crippen MR) is 69.3 cm³/mol. The monoisotopic (exact) mass is 272 g/mol. The maximum absolute atomic E-state index is 12.0. The number of fused-ring (bicyclic) bond motifs is 1. The summed E-state index contributed by atoms with van der Waals surface area (Å²) >= 11 is 0. The lowest BCUT2D eigenvalue weighted by molar-refractivity contribution is -0.128. The summed E-state index contributed by atoms with van der Waals surface area (Å²) in [5.74, 6) is 0.157. The van der Waals surface area contributed by atoms with E-state index >= 15 is 0 Å². The van der Waals surface area contributed by atoms with Crippen LogP contribution in [0.25, 0.3) is 21.5 Å². The Hall–Kier alpha value is -2.60. The average Bonchev–Trinajstić information content (AvgIpc) is 3.04. The molecule has 3 rings (SSSR count). The van der Waals surface area contributed by atoms with Gasteiger partial charge in [-0.15, -0.1) is 0 Å². The second kappa shape index (κ2) is 5.18. The van der Waals surface area contributed by atoms with Gasteiger partial charge in [-0.25, -0.2) is 4.63 Å². The SMILES string of the molecule is [N-]=[N+]=NCC1CC(=O)N(Cc2cccc3nonc23)C1. The summed E-state index contributed by atoms with van der Waals surface area (Å²) in [5.41, 5.74) is 10.6. The molecule has 1 aromatic carbocycles. The summed E-state index contributed by atoms with van der Waals surface area (Å²) in [6.07, 6.45) is 0.423. The molecule has 2 heterocycles. The van der Waals surface area contributed by atoms with E-state index in [-0.39, 0.29) is 11.8 Å². The number of carbonyl (C=O) groups excluding carboxylic acids is 1. The molecule has 1 aliphatic heterocycles. The lowest BCUT2D eigenvalue weighted by atomic mass is 10.1. The normalized spacial score (nSPS) is 18.5. The van der Waals surface area contributed by atoms with Gasteiger partial charge in [-0.05, 0) is 27.8 Å². The van der Waals surface area contributed by atoms with Crippen molar-refractivity contribution >= 4 is 16.9 Å². The number of azide groups is 1. The maximum Gasteiger partial charge on any atom is 0.223 e. The zero-order valence-corrected chi connectivity index (χ0v) is 10.6. The van der Waals surface area contributed by atoms with Crippen molar-refractivity contribution in [2.45, 2.75) is 13.0 Å². The number of benzene rings is 1. The third-order valence-electron chi connectivity index (χ3n) is 3.43. The minimum absolute atomic E-state index is 0.0663. The first-order valence-corrected chi connectivity index (χ1v) is 6.26. The number of carbonyl (C=O) groups is 1. The third kappa shape index (κ3) is 2.28. The molecule has 2 aromatic rings. The molecule has 1 unspecified atom stereocenters. The Morgan fingerprint density at radius 1 is 1.50 bits per heavy atom. The number of amides is 1. The van der Waals surface area contributed by atoms with E-state index < -0.39 is 0 Å². The van der Waals surface area contributed by atoms with Crippen molar-refractivity contribution in [3.8, 4) is 0 Å². The number of aromatic nitrogens is 2. The number of hydrogen-bond donors (Lipinski definition) is 0. The first kappa shape index (κ1) is 12.4. The van der Waals surface area contributed by atoms with E-state index in [1.54, 1.807) is 4.90 Å². The minimum Gasteiger partial charge on any atom is -0.338 e. The molecule has 0 aliphatic carbocycles. The van der Waals surface area contributed by atoms with Gasteiger partial charge in [0.05, 0.1) is 0 Å². The van der Waals surface area contributed by atoms with Gasteiger partial charge >= 0.3 is 0 Å². The summed E-state index contributed by atoms with van der Waals surface area (Å²) in [7, 11) is 0. The third-order valence-corrected chi connectivity index (χ3v) is 3.43. The largest absolute Gasteiger partial charge is 0.338 e. The van der Waals surface area contributed by atoms with Crippen molar-refractivity contribution in [2.75, 3.05) is 13.1 Å². The fourth-order valence-corrected chi connectivity index (χ4v) is 2.48. The molecule has 0 N–H and O–H groups in total. The fraction of sp³-hybridized carbons (Fsp3) is 0.417. The zero-order chi connectivity index (χ0) is 13.9. The van der Waals surface area contributed by atoms with Gasteiger partial charge in [-0.1, -0.05) is 17.2 Å². The second-order valence-corrected chi connectivity index (χ2v) is 4.81. The maximum atomic E-state index is 12.0. The Morgan fingerprint density at radius 2 is 2.40 bits per heavy atom. The van der Waals surface area contributed by atoms with Gasteiger partial charge in [0.25, 0.3) is 0 Å². The van der Waals surface area contributed by atoms with Crippen LogP contribution in [0.4, 0.5) is 0 Å². The van der Waals surface area contributed by atoms with Crippen molar-refractivity contribution in [1.29, 1.82) is 0 Å². The first-order valence-electron chi connectivity index (χ1n) is 6.26. The van der Waals surface area contributed by atoms with Crippen LogP contribution in [0, 0.1) is 5.92 Å². The van der Waals surface area contributed by atoms with E-state index in [0.717, 1.165) is 5.56 Å². The van der Waals surface area contributed by atoms with Crippen molar-refractivity contribution in [3.63, 3.8) is 0 Å². The molecule has 0 spiro atoms. The predicted octanol–water partition coefficient (Wildman–Crippen LogP) is 1.88. The Kier molecular flexibility index (Phi) is 3.22. The first-order chi connectivity index (χ1) is 9.78. The molecular weight excluding hydrogens is 260 g/mol. The number of rotatable bonds is 4. The number of hydrogen-bond acceptors (Lipinski definition) is 5. The molecule has 102 valence electrons. The molecule has 1 saturated heterocycles. The van der Waals surface area contributed by atoms with Crippen LogP contribution >= 0.6 is 0 Å². The Labute approximate surface area is 113 Å². The van der Waals surface area contributed by atoms with E-state index in [0.29, 0.717) is 37.1 Å². The molecule has 8 nitrogen and oxygen atoms in total. The molecule has 20 heavy (non-hydrogen) atoms. The molecule has 0 bridgehead atoms. The van der Waals surface area contributed by atoms with Crippen LogP contribution in [0.3, 0.4) is 0 Å². The van der Waals surface area contributed by atoms with Crippen molar-refractivity contribution in [3.05, 3.63) is 34.2 Å². The van der Waals surface area contributed by atoms with Crippen molar-refractivity contribution < 1.29 is 9.42 Å². The highest BCUT2D eigenvalue weighted by Gasteiger charge is 2.29. The number of likely N-dealkylation sites (tertiary alicyclic amines) is 1. The summed E-state index contributed by atoms with van der Waals surface area (Å²) in [4.78, 5) is 16.4. The highest BCUT2D eigenvalue weighted by Crippen LogP contribution is 2.23. The molecule has 1 atom stereocenters. The van der Waals surface area contributed by atoms with E-state index in [4.69, 9.17) is 10.2 Å². The molecule has 0 saturated carbocycles. The number of nitrogens with zero attached hydrogens (tertiary/aromatic N) is 6. The van der Waals surface area contributed by atoms with Crippen LogP contribution in [-0.4, -0.2) is 34.2 Å². The van der Waals surface area contributed by atoms with Crippen molar-refractivity contribution in [2.24, 2.45) is 11.0 Å². The van der Waals surface area contributed by atoms with Crippen molar-refractivity contribution in [1.82, 2.24) is 15.2 Å². The molecule has 1 amide bonds. The highest BCUT2D eigenvalue weighted by molar-refractivity contribution is 5.80. The van der Waals surface area contributed by atoms with Gasteiger partial charge in [0.1, 0.15) is 11.0 Å². The quantitative estimate of drug-likeness (QED) is 0.481. The molecule has 1 aliphatic rings. The van der Waals surface area contributed by atoms with Gasteiger partial charge in [-0.2, -0.15) is 0 Å². The Morgan fingerprint density at radius 3 is 3.25 bits per heavy atom. The van der Waals surface area contributed by atoms with Gasteiger partial charge in [0, 0.05) is 36.5 Å². The second-order valence-electron chi connectivity index (χ2n) is 4.81.